The molecule has 0 heterocycles. The number of carboxylic acid groups (broad SMARTS) is 1. The largest absolute Gasteiger partial charge is 0.480 e. The summed E-state index contributed by atoms with van der Waals surface area (Å²) in [6.07, 6.45) is 0. The highest BCUT2D eigenvalue weighted by atomic mass is 16.4. The van der Waals surface area contributed by atoms with E-state index in [1.54, 1.807) is 4.90 Å². The molecule has 3 N–H and O–H groups in total. The van der Waals surface area contributed by atoms with Crippen LogP contribution in [0.25, 0.3) is 0 Å². The van der Waals surface area contributed by atoms with Gasteiger partial charge in [0.05, 0.1) is 13.2 Å². The fourth-order valence-electron chi connectivity index (χ4n) is 1.04. The molecule has 0 spiro atoms. The van der Waals surface area contributed by atoms with Crippen molar-refractivity contribution < 1.29 is 19.8 Å². The summed E-state index contributed by atoms with van der Waals surface area (Å²) >= 11 is 0. The van der Waals surface area contributed by atoms with Crippen LogP contribution in [0.1, 0.15) is 13.8 Å². The van der Waals surface area contributed by atoms with Crippen molar-refractivity contribution in [3.8, 4) is 0 Å². The number of carbonyl (C=O) groups excluding carboxylic acids is 1. The molecule has 6 heteroatoms. The lowest BCUT2D eigenvalue weighted by Gasteiger charge is -2.19. The third-order valence-electron chi connectivity index (χ3n) is 1.98. The van der Waals surface area contributed by atoms with E-state index in [0.29, 0.717) is 13.1 Å². The standard InChI is InChI=1S/C9H18N2O4/c1-3-11(4-5-12)6-8(13)10-7(2)9(14)15/h7,12H,3-6H2,1-2H3,(H,10,13)(H,14,15). The van der Waals surface area contributed by atoms with Crippen molar-refractivity contribution in [1.82, 2.24) is 10.2 Å². The maximum absolute atomic E-state index is 11.3. The van der Waals surface area contributed by atoms with E-state index in [4.69, 9.17) is 10.2 Å². The Morgan fingerprint density at radius 3 is 2.47 bits per heavy atom. The van der Waals surface area contributed by atoms with E-state index in [1.165, 1.54) is 6.92 Å². The molecule has 0 aliphatic rings. The first-order valence-corrected chi connectivity index (χ1v) is 4.86. The first-order valence-electron chi connectivity index (χ1n) is 4.86. The number of nitrogens with one attached hydrogen (secondary N) is 1. The predicted molar refractivity (Wildman–Crippen MR) is 54.4 cm³/mol. The molecule has 0 rings (SSSR count). The fourth-order valence-corrected chi connectivity index (χ4v) is 1.04. The topological polar surface area (TPSA) is 89.9 Å². The highest BCUT2D eigenvalue weighted by Gasteiger charge is 2.15. The van der Waals surface area contributed by atoms with Gasteiger partial charge in [-0.3, -0.25) is 14.5 Å². The maximum Gasteiger partial charge on any atom is 0.325 e. The quantitative estimate of drug-likeness (QED) is 0.504. The number of hydrogen-bond acceptors (Lipinski definition) is 4. The van der Waals surface area contributed by atoms with Gasteiger partial charge in [-0.25, -0.2) is 0 Å². The highest BCUT2D eigenvalue weighted by molar-refractivity contribution is 5.84. The minimum absolute atomic E-state index is 0.0182. The first kappa shape index (κ1) is 13.9. The molecule has 0 bridgehead atoms. The van der Waals surface area contributed by atoms with Crippen LogP contribution in [0.4, 0.5) is 0 Å². The lowest BCUT2D eigenvalue weighted by atomic mass is 10.3. The van der Waals surface area contributed by atoms with E-state index >= 15 is 0 Å². The van der Waals surface area contributed by atoms with Gasteiger partial charge in [0.25, 0.3) is 0 Å². The summed E-state index contributed by atoms with van der Waals surface area (Å²) < 4.78 is 0. The molecule has 0 saturated heterocycles. The van der Waals surface area contributed by atoms with Crippen molar-refractivity contribution >= 4 is 11.9 Å². The molecule has 0 aromatic heterocycles. The fraction of sp³-hybridized carbons (Fsp3) is 0.778. The normalized spacial score (nSPS) is 12.5. The average Bonchev–Trinajstić information content (AvgIpc) is 2.16. The van der Waals surface area contributed by atoms with E-state index in [1.807, 2.05) is 6.92 Å². The van der Waals surface area contributed by atoms with Gasteiger partial charge in [0.1, 0.15) is 6.04 Å². The van der Waals surface area contributed by atoms with Gasteiger partial charge < -0.3 is 15.5 Å². The van der Waals surface area contributed by atoms with Crippen LogP contribution < -0.4 is 5.32 Å². The molecule has 0 aromatic rings. The van der Waals surface area contributed by atoms with Gasteiger partial charge >= 0.3 is 5.97 Å². The zero-order valence-electron chi connectivity index (χ0n) is 9.06. The number of aliphatic hydroxyl groups is 1. The van der Waals surface area contributed by atoms with Gasteiger partial charge in [-0.1, -0.05) is 6.92 Å². The number of amides is 1. The molecule has 0 aromatic carbocycles. The molecule has 1 amide bonds. The molecule has 0 saturated carbocycles. The van der Waals surface area contributed by atoms with Gasteiger partial charge in [-0.2, -0.15) is 0 Å². The lowest BCUT2D eigenvalue weighted by Crippen LogP contribution is -2.44. The van der Waals surface area contributed by atoms with Gasteiger partial charge in [0.15, 0.2) is 0 Å². The van der Waals surface area contributed by atoms with Crippen LogP contribution >= 0.6 is 0 Å². The number of hydrogen-bond donors (Lipinski definition) is 3. The lowest BCUT2D eigenvalue weighted by molar-refractivity contribution is -0.141. The van der Waals surface area contributed by atoms with Crippen LogP contribution in [-0.4, -0.2) is 59.3 Å². The molecule has 1 unspecified atom stereocenters. The minimum atomic E-state index is -1.06. The van der Waals surface area contributed by atoms with E-state index in [9.17, 15) is 9.59 Å². The zero-order chi connectivity index (χ0) is 11.8. The molecule has 0 aliphatic heterocycles. The van der Waals surface area contributed by atoms with Gasteiger partial charge in [-0.05, 0) is 13.5 Å². The monoisotopic (exact) mass is 218 g/mol. The predicted octanol–water partition coefficient (Wildman–Crippen LogP) is -1.11. The second-order valence-corrected chi connectivity index (χ2v) is 3.22. The van der Waals surface area contributed by atoms with Crippen molar-refractivity contribution in [3.05, 3.63) is 0 Å². The van der Waals surface area contributed by atoms with E-state index in [0.717, 1.165) is 0 Å². The Kier molecular flexibility index (Phi) is 6.64. The zero-order valence-corrected chi connectivity index (χ0v) is 9.06. The Morgan fingerprint density at radius 1 is 1.47 bits per heavy atom. The number of aliphatic carboxylic acids is 1. The summed E-state index contributed by atoms with van der Waals surface area (Å²) in [5.74, 6) is -1.41. The van der Waals surface area contributed by atoms with E-state index < -0.39 is 12.0 Å². The van der Waals surface area contributed by atoms with Crippen molar-refractivity contribution in [2.75, 3.05) is 26.2 Å². The number of carboxylic acids is 1. The van der Waals surface area contributed by atoms with E-state index in [-0.39, 0.29) is 19.1 Å². The Hall–Kier alpha value is -1.14. The van der Waals surface area contributed by atoms with Crippen LogP contribution in [0.5, 0.6) is 0 Å². The molecule has 0 fully saturated rings. The molecule has 6 nitrogen and oxygen atoms in total. The van der Waals surface area contributed by atoms with Crippen molar-refractivity contribution in [2.45, 2.75) is 19.9 Å². The Morgan fingerprint density at radius 2 is 2.07 bits per heavy atom. The number of aliphatic hydroxyl groups excluding tert-OH is 1. The molecule has 15 heavy (non-hydrogen) atoms. The molecular weight excluding hydrogens is 200 g/mol. The summed E-state index contributed by atoms with van der Waals surface area (Å²) in [6.45, 7) is 4.40. The molecule has 88 valence electrons. The number of nitrogens with zero attached hydrogens (tertiary/aromatic N) is 1. The molecule has 0 aliphatic carbocycles. The Labute approximate surface area is 88.9 Å². The minimum Gasteiger partial charge on any atom is -0.480 e. The maximum atomic E-state index is 11.3. The second-order valence-electron chi connectivity index (χ2n) is 3.22. The molecule has 1 atom stereocenters. The van der Waals surface area contributed by atoms with Crippen molar-refractivity contribution in [1.29, 1.82) is 0 Å². The SMILES string of the molecule is CCN(CCO)CC(=O)NC(C)C(=O)O. The third kappa shape index (κ3) is 6.03. The highest BCUT2D eigenvalue weighted by Crippen LogP contribution is 1.88. The van der Waals surface area contributed by atoms with Crippen molar-refractivity contribution in [2.24, 2.45) is 0 Å². The first-order chi connectivity index (χ1) is 7.01. The van der Waals surface area contributed by atoms with Crippen LogP contribution in [0.2, 0.25) is 0 Å². The average molecular weight is 218 g/mol. The Balaban J connectivity index is 3.95. The van der Waals surface area contributed by atoms with Crippen LogP contribution in [0, 0.1) is 0 Å². The van der Waals surface area contributed by atoms with Crippen molar-refractivity contribution in [3.63, 3.8) is 0 Å². The summed E-state index contributed by atoms with van der Waals surface area (Å²) in [6, 6.07) is -0.884. The van der Waals surface area contributed by atoms with E-state index in [2.05, 4.69) is 5.32 Å². The second kappa shape index (κ2) is 7.19. The molecule has 0 radical (unpaired) electrons. The number of carbonyl (C=O) groups is 2. The van der Waals surface area contributed by atoms with Crippen LogP contribution in [-0.2, 0) is 9.59 Å². The summed E-state index contributed by atoms with van der Waals surface area (Å²) in [5.41, 5.74) is 0. The van der Waals surface area contributed by atoms with Crippen LogP contribution in [0.3, 0.4) is 0 Å². The Bertz CT molecular complexity index is 220. The summed E-state index contributed by atoms with van der Waals surface area (Å²) in [5, 5.41) is 19.6. The third-order valence-corrected chi connectivity index (χ3v) is 1.98. The number of likely N-dealkylation sites (N-methyl/N-ethyl adjacent to an activating group) is 1. The smallest absolute Gasteiger partial charge is 0.325 e. The van der Waals surface area contributed by atoms with Gasteiger partial charge in [0.2, 0.25) is 5.91 Å². The summed E-state index contributed by atoms with van der Waals surface area (Å²) in [7, 11) is 0. The van der Waals surface area contributed by atoms with Crippen LogP contribution in [0.15, 0.2) is 0 Å². The molecular formula is C9H18N2O4. The number of rotatable bonds is 7. The van der Waals surface area contributed by atoms with Gasteiger partial charge in [0, 0.05) is 6.54 Å². The summed E-state index contributed by atoms with van der Waals surface area (Å²) in [4.78, 5) is 23.5. The van der Waals surface area contributed by atoms with Gasteiger partial charge in [-0.15, -0.1) is 0 Å².